The average Bonchev–Trinajstić information content (AvgIpc) is 2.45. The summed E-state index contributed by atoms with van der Waals surface area (Å²) in [6, 6.07) is 11.3. The molecule has 1 amide bonds. The Morgan fingerprint density at radius 3 is 2.67 bits per heavy atom. The largest absolute Gasteiger partial charge is 0.497 e. The number of carbonyl (C=O) groups excluding carboxylic acids is 1. The minimum Gasteiger partial charge on any atom is -0.497 e. The smallest absolute Gasteiger partial charge is 0.248 e. The van der Waals surface area contributed by atoms with Crippen LogP contribution in [0.5, 0.6) is 5.75 Å². The first kappa shape index (κ1) is 15.4. The van der Waals surface area contributed by atoms with Gasteiger partial charge in [0.05, 0.1) is 7.11 Å². The van der Waals surface area contributed by atoms with Gasteiger partial charge in [0, 0.05) is 28.3 Å². The molecule has 0 aliphatic heterocycles. The summed E-state index contributed by atoms with van der Waals surface area (Å²) in [6.07, 6.45) is 0. The van der Waals surface area contributed by atoms with Gasteiger partial charge in [-0.2, -0.15) is 0 Å². The number of benzene rings is 2. The van der Waals surface area contributed by atoms with Gasteiger partial charge in [-0.1, -0.05) is 22.0 Å². The predicted octanol–water partition coefficient (Wildman–Crippen LogP) is 3.48. The fourth-order valence-electron chi connectivity index (χ4n) is 2.03. The maximum Gasteiger partial charge on any atom is 0.248 e. The van der Waals surface area contributed by atoms with Crippen molar-refractivity contribution in [1.29, 1.82) is 0 Å². The van der Waals surface area contributed by atoms with Gasteiger partial charge in [-0.25, -0.2) is 0 Å². The van der Waals surface area contributed by atoms with Crippen LogP contribution in [-0.4, -0.2) is 13.0 Å². The van der Waals surface area contributed by atoms with Crippen molar-refractivity contribution in [3.8, 4) is 5.75 Å². The highest BCUT2D eigenvalue weighted by molar-refractivity contribution is 9.10. The van der Waals surface area contributed by atoms with E-state index in [1.807, 2.05) is 31.2 Å². The number of halogens is 1. The molecule has 0 aromatic heterocycles. The molecule has 21 heavy (non-hydrogen) atoms. The highest BCUT2D eigenvalue weighted by Crippen LogP contribution is 2.25. The summed E-state index contributed by atoms with van der Waals surface area (Å²) in [6.45, 7) is 2.62. The van der Waals surface area contributed by atoms with Crippen LogP contribution >= 0.6 is 15.9 Å². The number of nitrogens with one attached hydrogen (secondary N) is 1. The normalized spacial score (nSPS) is 10.2. The molecule has 0 radical (unpaired) electrons. The molecule has 0 spiro atoms. The van der Waals surface area contributed by atoms with E-state index in [2.05, 4.69) is 21.2 Å². The molecule has 2 rings (SSSR count). The van der Waals surface area contributed by atoms with E-state index < -0.39 is 5.91 Å². The van der Waals surface area contributed by atoms with E-state index in [4.69, 9.17) is 10.5 Å². The Morgan fingerprint density at radius 2 is 2.05 bits per heavy atom. The third-order valence-corrected chi connectivity index (χ3v) is 3.67. The number of aryl methyl sites for hydroxylation is 1. The summed E-state index contributed by atoms with van der Waals surface area (Å²) in [5.41, 5.74) is 8.90. The second-order valence-electron chi connectivity index (χ2n) is 4.74. The molecule has 0 unspecified atom stereocenters. The average molecular weight is 349 g/mol. The van der Waals surface area contributed by atoms with Crippen molar-refractivity contribution in [3.63, 3.8) is 0 Å². The topological polar surface area (TPSA) is 64.3 Å². The molecule has 0 atom stereocenters. The number of amides is 1. The molecular weight excluding hydrogens is 332 g/mol. The van der Waals surface area contributed by atoms with Gasteiger partial charge in [-0.3, -0.25) is 4.79 Å². The van der Waals surface area contributed by atoms with E-state index in [-0.39, 0.29) is 0 Å². The van der Waals surface area contributed by atoms with E-state index in [0.717, 1.165) is 27.0 Å². The first-order chi connectivity index (χ1) is 9.99. The number of hydrogen-bond donors (Lipinski definition) is 2. The summed E-state index contributed by atoms with van der Waals surface area (Å²) in [4.78, 5) is 11.1. The maximum absolute atomic E-state index is 11.1. The second-order valence-corrected chi connectivity index (χ2v) is 5.65. The summed E-state index contributed by atoms with van der Waals surface area (Å²) in [5, 5.41) is 3.34. The minimum atomic E-state index is -0.408. The number of methoxy groups -OCH3 is 1. The van der Waals surface area contributed by atoms with Gasteiger partial charge in [0.25, 0.3) is 0 Å². The Morgan fingerprint density at radius 1 is 1.29 bits per heavy atom. The molecular formula is C16H17BrN2O2. The van der Waals surface area contributed by atoms with Crippen LogP contribution in [0.3, 0.4) is 0 Å². The number of hydrogen-bond acceptors (Lipinski definition) is 3. The Balaban J connectivity index is 2.13. The Hall–Kier alpha value is -2.01. The van der Waals surface area contributed by atoms with Crippen LogP contribution in [0.2, 0.25) is 0 Å². The van der Waals surface area contributed by atoms with Gasteiger partial charge >= 0.3 is 0 Å². The van der Waals surface area contributed by atoms with Crippen molar-refractivity contribution in [1.82, 2.24) is 0 Å². The SMILES string of the molecule is COc1cc(Br)cc(NCc2ccc(C(N)=O)cc2C)c1. The molecule has 0 aliphatic rings. The number of primary amides is 1. The van der Waals surface area contributed by atoms with Crippen LogP contribution < -0.4 is 15.8 Å². The molecule has 0 heterocycles. The van der Waals surface area contributed by atoms with Crippen molar-refractivity contribution in [2.75, 3.05) is 12.4 Å². The lowest BCUT2D eigenvalue weighted by Crippen LogP contribution is -2.11. The molecule has 5 heteroatoms. The Bertz CT molecular complexity index is 671. The van der Waals surface area contributed by atoms with Crippen molar-refractivity contribution in [2.24, 2.45) is 5.73 Å². The van der Waals surface area contributed by atoms with Gasteiger partial charge < -0.3 is 15.8 Å². The molecule has 2 aromatic rings. The lowest BCUT2D eigenvalue weighted by atomic mass is 10.0. The third-order valence-electron chi connectivity index (χ3n) is 3.22. The molecule has 0 aliphatic carbocycles. The quantitative estimate of drug-likeness (QED) is 0.869. The van der Waals surface area contributed by atoms with E-state index >= 15 is 0 Å². The molecule has 4 nitrogen and oxygen atoms in total. The maximum atomic E-state index is 11.1. The van der Waals surface area contributed by atoms with Crippen LogP contribution in [0.25, 0.3) is 0 Å². The predicted molar refractivity (Wildman–Crippen MR) is 87.7 cm³/mol. The van der Waals surface area contributed by atoms with Crippen molar-refractivity contribution in [3.05, 3.63) is 57.6 Å². The van der Waals surface area contributed by atoms with Crippen LogP contribution in [0, 0.1) is 6.92 Å². The number of anilines is 1. The van der Waals surface area contributed by atoms with Crippen molar-refractivity contribution >= 4 is 27.5 Å². The molecule has 2 aromatic carbocycles. The molecule has 0 fully saturated rings. The van der Waals surface area contributed by atoms with Crippen molar-refractivity contribution < 1.29 is 9.53 Å². The first-order valence-corrected chi connectivity index (χ1v) is 7.26. The van der Waals surface area contributed by atoms with Gasteiger partial charge in [-0.05, 0) is 42.3 Å². The number of ether oxygens (including phenoxy) is 1. The molecule has 0 bridgehead atoms. The Labute approximate surface area is 132 Å². The molecule has 3 N–H and O–H groups in total. The van der Waals surface area contributed by atoms with Crippen LogP contribution in [0.4, 0.5) is 5.69 Å². The number of carbonyl (C=O) groups is 1. The van der Waals surface area contributed by atoms with E-state index in [1.165, 1.54) is 0 Å². The zero-order valence-corrected chi connectivity index (χ0v) is 13.5. The van der Waals surface area contributed by atoms with Crippen LogP contribution in [0.15, 0.2) is 40.9 Å². The van der Waals surface area contributed by atoms with Crippen LogP contribution in [0.1, 0.15) is 21.5 Å². The number of rotatable bonds is 5. The van der Waals surface area contributed by atoms with Crippen molar-refractivity contribution in [2.45, 2.75) is 13.5 Å². The molecule has 0 saturated carbocycles. The van der Waals surface area contributed by atoms with Gasteiger partial charge in [0.1, 0.15) is 5.75 Å². The van der Waals surface area contributed by atoms with Gasteiger partial charge in [0.2, 0.25) is 5.91 Å². The monoisotopic (exact) mass is 348 g/mol. The third kappa shape index (κ3) is 3.98. The Kier molecular flexibility index (Phi) is 4.85. The summed E-state index contributed by atoms with van der Waals surface area (Å²) < 4.78 is 6.18. The first-order valence-electron chi connectivity index (χ1n) is 6.47. The summed E-state index contributed by atoms with van der Waals surface area (Å²) >= 11 is 3.45. The lowest BCUT2D eigenvalue weighted by molar-refractivity contribution is 0.1000. The minimum absolute atomic E-state index is 0.408. The lowest BCUT2D eigenvalue weighted by Gasteiger charge is -2.11. The molecule has 110 valence electrons. The zero-order valence-electron chi connectivity index (χ0n) is 11.9. The highest BCUT2D eigenvalue weighted by Gasteiger charge is 2.05. The van der Waals surface area contributed by atoms with E-state index in [0.29, 0.717) is 12.1 Å². The van der Waals surface area contributed by atoms with E-state index in [1.54, 1.807) is 19.2 Å². The summed E-state index contributed by atoms with van der Waals surface area (Å²) in [5.74, 6) is 0.377. The van der Waals surface area contributed by atoms with Crippen LogP contribution in [-0.2, 0) is 6.54 Å². The molecule has 0 saturated heterocycles. The van der Waals surface area contributed by atoms with E-state index in [9.17, 15) is 4.79 Å². The zero-order chi connectivity index (χ0) is 15.4. The fourth-order valence-corrected chi connectivity index (χ4v) is 2.50. The van der Waals surface area contributed by atoms with Gasteiger partial charge in [0.15, 0.2) is 0 Å². The second kappa shape index (κ2) is 6.63. The standard InChI is InChI=1S/C16H17BrN2O2/c1-10-5-11(16(18)20)3-4-12(10)9-19-14-6-13(17)7-15(8-14)21-2/h3-8,19H,9H2,1-2H3,(H2,18,20). The van der Waals surface area contributed by atoms with Gasteiger partial charge in [-0.15, -0.1) is 0 Å². The fraction of sp³-hybridized carbons (Fsp3) is 0.188. The highest BCUT2D eigenvalue weighted by atomic mass is 79.9. The summed E-state index contributed by atoms with van der Waals surface area (Å²) in [7, 11) is 1.64. The number of nitrogens with two attached hydrogens (primary N) is 1.